The maximum Gasteiger partial charge on any atom is 0.254 e. The lowest BCUT2D eigenvalue weighted by atomic mass is 10.1. The molecule has 0 saturated heterocycles. The fourth-order valence-corrected chi connectivity index (χ4v) is 2.53. The molecule has 0 saturated carbocycles. The fourth-order valence-electron chi connectivity index (χ4n) is 1.87. The summed E-state index contributed by atoms with van der Waals surface area (Å²) in [4.78, 5) is 11.9. The molecule has 2 nitrogen and oxygen atoms in total. The Kier molecular flexibility index (Phi) is 4.63. The van der Waals surface area contributed by atoms with Crippen LogP contribution in [0.25, 0.3) is 0 Å². The number of nitrogens with one attached hydrogen (secondary N) is 1. The Balaban J connectivity index is 2.14. The van der Waals surface area contributed by atoms with Crippen LogP contribution in [-0.4, -0.2) is 5.91 Å². The first kappa shape index (κ1) is 14.8. The normalized spacial score (nSPS) is 10.4. The predicted molar refractivity (Wildman–Crippen MR) is 78.8 cm³/mol. The van der Waals surface area contributed by atoms with Gasteiger partial charge in [-0.25, -0.2) is 4.39 Å². The van der Waals surface area contributed by atoms with Crippen molar-refractivity contribution in [2.24, 2.45) is 0 Å². The number of hydrogen-bond donors (Lipinski definition) is 1. The van der Waals surface area contributed by atoms with Gasteiger partial charge in [-0.05, 0) is 42.3 Å². The molecule has 0 aliphatic rings. The van der Waals surface area contributed by atoms with Gasteiger partial charge < -0.3 is 5.32 Å². The zero-order valence-electron chi connectivity index (χ0n) is 10.7. The Bertz CT molecular complexity index is 635. The van der Waals surface area contributed by atoms with Crippen molar-refractivity contribution in [3.05, 3.63) is 69.0 Å². The number of rotatable bonds is 3. The topological polar surface area (TPSA) is 29.1 Å². The third-order valence-corrected chi connectivity index (χ3v) is 3.48. The van der Waals surface area contributed by atoms with Gasteiger partial charge in [0.2, 0.25) is 0 Å². The van der Waals surface area contributed by atoms with Gasteiger partial charge in [-0.15, -0.1) is 0 Å². The van der Waals surface area contributed by atoms with E-state index in [0.717, 1.165) is 11.1 Å². The molecule has 1 amide bonds. The lowest BCUT2D eigenvalue weighted by Crippen LogP contribution is -2.24. The molecular formula is C15H12Cl2FNO. The number of hydrogen-bond acceptors (Lipinski definition) is 1. The highest BCUT2D eigenvalue weighted by molar-refractivity contribution is 6.35. The Labute approximate surface area is 126 Å². The molecule has 0 aliphatic heterocycles. The highest BCUT2D eigenvalue weighted by atomic mass is 35.5. The second kappa shape index (κ2) is 6.25. The van der Waals surface area contributed by atoms with Crippen molar-refractivity contribution < 1.29 is 9.18 Å². The van der Waals surface area contributed by atoms with Crippen LogP contribution in [0.4, 0.5) is 4.39 Å². The molecule has 0 spiro atoms. The van der Waals surface area contributed by atoms with E-state index in [0.29, 0.717) is 10.0 Å². The van der Waals surface area contributed by atoms with E-state index < -0.39 is 11.7 Å². The third-order valence-electron chi connectivity index (χ3n) is 2.93. The lowest BCUT2D eigenvalue weighted by molar-refractivity contribution is 0.0947. The minimum Gasteiger partial charge on any atom is -0.348 e. The molecule has 0 unspecified atom stereocenters. The van der Waals surface area contributed by atoms with Crippen LogP contribution in [0.3, 0.4) is 0 Å². The van der Waals surface area contributed by atoms with Gasteiger partial charge in [-0.3, -0.25) is 4.79 Å². The Morgan fingerprint density at radius 1 is 1.25 bits per heavy atom. The summed E-state index contributed by atoms with van der Waals surface area (Å²) in [5.74, 6) is -1.03. The summed E-state index contributed by atoms with van der Waals surface area (Å²) in [6, 6.07) is 9.19. The number of halogens is 3. The van der Waals surface area contributed by atoms with Crippen LogP contribution in [0.15, 0.2) is 36.4 Å². The SMILES string of the molecule is Cc1cc(Cl)cc(Cl)c1CNC(=O)c1ccccc1F. The van der Waals surface area contributed by atoms with E-state index >= 15 is 0 Å². The van der Waals surface area contributed by atoms with Gasteiger partial charge in [0.1, 0.15) is 5.82 Å². The van der Waals surface area contributed by atoms with Gasteiger partial charge in [-0.1, -0.05) is 35.3 Å². The molecule has 1 N–H and O–H groups in total. The summed E-state index contributed by atoms with van der Waals surface area (Å²) in [5, 5.41) is 3.67. The van der Waals surface area contributed by atoms with Gasteiger partial charge in [0.25, 0.3) is 5.91 Å². The lowest BCUT2D eigenvalue weighted by Gasteiger charge is -2.11. The van der Waals surface area contributed by atoms with Crippen molar-refractivity contribution >= 4 is 29.1 Å². The first-order valence-electron chi connectivity index (χ1n) is 5.96. The average molecular weight is 312 g/mol. The maximum atomic E-state index is 13.5. The molecular weight excluding hydrogens is 300 g/mol. The number of benzene rings is 2. The first-order chi connectivity index (χ1) is 9.49. The Morgan fingerprint density at radius 3 is 2.60 bits per heavy atom. The highest BCUT2D eigenvalue weighted by Crippen LogP contribution is 2.24. The summed E-state index contributed by atoms with van der Waals surface area (Å²) < 4.78 is 13.5. The van der Waals surface area contributed by atoms with Crippen LogP contribution in [0.1, 0.15) is 21.5 Å². The van der Waals surface area contributed by atoms with E-state index in [9.17, 15) is 9.18 Å². The van der Waals surface area contributed by atoms with E-state index in [-0.39, 0.29) is 12.1 Å². The molecule has 5 heteroatoms. The molecule has 0 aliphatic carbocycles. The van der Waals surface area contributed by atoms with Crippen LogP contribution >= 0.6 is 23.2 Å². The van der Waals surface area contributed by atoms with Crippen LogP contribution in [0.5, 0.6) is 0 Å². The van der Waals surface area contributed by atoms with Crippen molar-refractivity contribution in [1.29, 1.82) is 0 Å². The molecule has 0 atom stereocenters. The molecule has 104 valence electrons. The largest absolute Gasteiger partial charge is 0.348 e. The second-order valence-corrected chi connectivity index (χ2v) is 5.19. The van der Waals surface area contributed by atoms with Crippen molar-refractivity contribution in [3.63, 3.8) is 0 Å². The van der Waals surface area contributed by atoms with Crippen molar-refractivity contribution in [3.8, 4) is 0 Å². The van der Waals surface area contributed by atoms with E-state index in [2.05, 4.69) is 5.32 Å². The third kappa shape index (κ3) is 3.30. The quantitative estimate of drug-likeness (QED) is 0.896. The fraction of sp³-hybridized carbons (Fsp3) is 0.133. The average Bonchev–Trinajstić information content (AvgIpc) is 2.37. The highest BCUT2D eigenvalue weighted by Gasteiger charge is 2.12. The van der Waals surface area contributed by atoms with Crippen molar-refractivity contribution in [2.45, 2.75) is 13.5 Å². The van der Waals surface area contributed by atoms with Crippen LogP contribution in [-0.2, 0) is 6.54 Å². The van der Waals surface area contributed by atoms with Crippen molar-refractivity contribution in [2.75, 3.05) is 0 Å². The molecule has 2 aromatic rings. The number of carbonyl (C=O) groups is 1. The van der Waals surface area contributed by atoms with Gasteiger partial charge in [0.15, 0.2) is 0 Å². The minimum absolute atomic E-state index is 0.00948. The molecule has 0 heterocycles. The number of carbonyl (C=O) groups excluding carboxylic acids is 1. The molecule has 2 rings (SSSR count). The maximum absolute atomic E-state index is 13.5. The number of amides is 1. The summed E-state index contributed by atoms with van der Waals surface area (Å²) in [5.41, 5.74) is 1.65. The smallest absolute Gasteiger partial charge is 0.254 e. The minimum atomic E-state index is -0.552. The zero-order valence-corrected chi connectivity index (χ0v) is 12.2. The van der Waals surface area contributed by atoms with Crippen molar-refractivity contribution in [1.82, 2.24) is 5.32 Å². The summed E-state index contributed by atoms with van der Waals surface area (Å²) in [6.07, 6.45) is 0. The van der Waals surface area contributed by atoms with Crippen LogP contribution in [0.2, 0.25) is 10.0 Å². The monoisotopic (exact) mass is 311 g/mol. The second-order valence-electron chi connectivity index (χ2n) is 4.35. The van der Waals surface area contributed by atoms with E-state index in [4.69, 9.17) is 23.2 Å². The van der Waals surface area contributed by atoms with Gasteiger partial charge in [0.05, 0.1) is 5.56 Å². The summed E-state index contributed by atoms with van der Waals surface area (Å²) in [7, 11) is 0. The molecule has 2 aromatic carbocycles. The molecule has 0 radical (unpaired) electrons. The van der Waals surface area contributed by atoms with Gasteiger partial charge in [0, 0.05) is 16.6 Å². The van der Waals surface area contributed by atoms with E-state index in [1.807, 2.05) is 6.92 Å². The summed E-state index contributed by atoms with van der Waals surface area (Å²) in [6.45, 7) is 2.07. The zero-order chi connectivity index (χ0) is 14.7. The van der Waals surface area contributed by atoms with E-state index in [1.165, 1.54) is 18.2 Å². The summed E-state index contributed by atoms with van der Waals surface area (Å²) >= 11 is 12.0. The standard InChI is InChI=1S/C15H12Cl2FNO/c1-9-6-10(16)7-13(17)12(9)8-19-15(20)11-4-2-3-5-14(11)18/h2-7H,8H2,1H3,(H,19,20). The van der Waals surface area contributed by atoms with E-state index in [1.54, 1.807) is 18.2 Å². The molecule has 0 aromatic heterocycles. The predicted octanol–water partition coefficient (Wildman–Crippen LogP) is 4.37. The Hall–Kier alpha value is -1.58. The van der Waals surface area contributed by atoms with Crippen LogP contribution in [0, 0.1) is 12.7 Å². The molecule has 0 fully saturated rings. The van der Waals surface area contributed by atoms with Gasteiger partial charge in [-0.2, -0.15) is 0 Å². The Morgan fingerprint density at radius 2 is 1.95 bits per heavy atom. The first-order valence-corrected chi connectivity index (χ1v) is 6.72. The van der Waals surface area contributed by atoms with Gasteiger partial charge >= 0.3 is 0 Å². The number of aryl methyl sites for hydroxylation is 1. The van der Waals surface area contributed by atoms with Crippen LogP contribution < -0.4 is 5.32 Å². The molecule has 0 bridgehead atoms. The molecule has 20 heavy (non-hydrogen) atoms.